The van der Waals surface area contributed by atoms with Crippen molar-refractivity contribution in [3.8, 4) is 16.8 Å². The third-order valence-corrected chi connectivity index (χ3v) is 11.4. The number of rotatable bonds is 12. The van der Waals surface area contributed by atoms with Gasteiger partial charge in [-0.3, -0.25) is 9.36 Å². The van der Waals surface area contributed by atoms with Crippen LogP contribution in [0.2, 0.25) is 25.7 Å². The highest BCUT2D eigenvalue weighted by atomic mass is 32.2. The van der Waals surface area contributed by atoms with Crippen molar-refractivity contribution in [3.63, 3.8) is 0 Å². The van der Waals surface area contributed by atoms with E-state index in [0.29, 0.717) is 46.1 Å². The molecule has 0 saturated heterocycles. The van der Waals surface area contributed by atoms with Gasteiger partial charge >= 0.3 is 0 Å². The smallest absolute Gasteiger partial charge is 0.282 e. The fraction of sp³-hybridized carbons (Fsp3) is 0.294. The Labute approximate surface area is 280 Å². The van der Waals surface area contributed by atoms with E-state index < -0.39 is 24.1 Å². The normalized spacial score (nSPS) is 13.0. The van der Waals surface area contributed by atoms with E-state index in [1.165, 1.54) is 13.4 Å². The molecule has 2 aromatic carbocycles. The van der Waals surface area contributed by atoms with Gasteiger partial charge in [-0.25, -0.2) is 27.6 Å². The number of aromatic nitrogens is 6. The number of hydrogen-bond acceptors (Lipinski definition) is 8. The van der Waals surface area contributed by atoms with E-state index in [9.17, 15) is 13.2 Å². The molecule has 1 atom stereocenters. The molecule has 0 aliphatic rings. The van der Waals surface area contributed by atoms with E-state index in [4.69, 9.17) is 9.84 Å². The summed E-state index contributed by atoms with van der Waals surface area (Å²) < 4.78 is 39.2. The minimum absolute atomic E-state index is 0.140. The fourth-order valence-electron chi connectivity index (χ4n) is 5.65. The van der Waals surface area contributed by atoms with Crippen molar-refractivity contribution in [2.45, 2.75) is 57.2 Å². The average molecular weight is 685 g/mol. The number of hydrogen-bond donors (Lipinski definition) is 2. The van der Waals surface area contributed by atoms with Crippen LogP contribution in [0.1, 0.15) is 24.4 Å². The highest BCUT2D eigenvalue weighted by Gasteiger charge is 2.24. The molecule has 4 heterocycles. The molecular weight excluding hydrogens is 645 g/mol. The molecule has 0 bridgehead atoms. The Kier molecular flexibility index (Phi) is 9.09. The van der Waals surface area contributed by atoms with Gasteiger partial charge in [-0.05, 0) is 68.4 Å². The zero-order chi connectivity index (χ0) is 34.2. The second kappa shape index (κ2) is 13.1. The van der Waals surface area contributed by atoms with Gasteiger partial charge in [0.2, 0.25) is 10.0 Å². The standard InChI is InChI=1S/C34H40N8O4SSi/c1-23-15-16-41-30(23)34(43)42(26-12-8-7-9-13-26)32(39-41)24(2)38-31-29-28(25-11-10-14-27(19-25)47(44,45)35-3)20-40(33(29)37-21-36-31)22-46-17-18-48(4,5)6/h7-16,19-21,24,35H,17-18,22H2,1-6H3,(H,36,37,38). The first-order valence-electron chi connectivity index (χ1n) is 15.8. The lowest BCUT2D eigenvalue weighted by atomic mass is 10.1. The van der Waals surface area contributed by atoms with E-state index in [0.717, 1.165) is 17.2 Å². The topological polar surface area (TPSA) is 137 Å². The van der Waals surface area contributed by atoms with E-state index in [2.05, 4.69) is 39.6 Å². The number of nitrogens with one attached hydrogen (secondary N) is 2. The Morgan fingerprint density at radius 1 is 1.02 bits per heavy atom. The Bertz CT molecular complexity index is 2270. The molecule has 14 heteroatoms. The summed E-state index contributed by atoms with van der Waals surface area (Å²) in [7, 11) is -3.60. The zero-order valence-electron chi connectivity index (χ0n) is 27.9. The van der Waals surface area contributed by atoms with Crippen LogP contribution in [0, 0.1) is 6.92 Å². The minimum atomic E-state index is -3.69. The lowest BCUT2D eigenvalue weighted by Gasteiger charge is -2.20. The van der Waals surface area contributed by atoms with Crippen LogP contribution in [0.15, 0.2) is 89.1 Å². The second-order valence-electron chi connectivity index (χ2n) is 13.0. The van der Waals surface area contributed by atoms with Crippen molar-refractivity contribution >= 4 is 40.5 Å². The molecule has 6 aromatic rings. The minimum Gasteiger partial charge on any atom is -0.361 e. The van der Waals surface area contributed by atoms with Crippen LogP contribution in [0.4, 0.5) is 5.82 Å². The third kappa shape index (κ3) is 6.56. The number of benzene rings is 2. The molecule has 12 nitrogen and oxygen atoms in total. The molecule has 6 rings (SSSR count). The first kappa shape index (κ1) is 33.3. The summed E-state index contributed by atoms with van der Waals surface area (Å²) in [5.41, 5.74) is 3.87. The van der Waals surface area contributed by atoms with Crippen molar-refractivity contribution in [1.82, 2.24) is 33.4 Å². The van der Waals surface area contributed by atoms with E-state index >= 15 is 0 Å². The summed E-state index contributed by atoms with van der Waals surface area (Å²) in [6.07, 6.45) is 5.19. The van der Waals surface area contributed by atoms with Gasteiger partial charge in [0.25, 0.3) is 5.56 Å². The SMILES string of the molecule is CNS(=O)(=O)c1cccc(-c2cn(COCC[Si](C)(C)C)c3ncnc(NC(C)c4nn5ccc(C)c5c(=O)n4-c4ccccc4)c23)c1. The molecule has 1 unspecified atom stereocenters. The summed E-state index contributed by atoms with van der Waals surface area (Å²) in [5.74, 6) is 0.988. The molecule has 2 N–H and O–H groups in total. The molecule has 0 spiro atoms. The maximum absolute atomic E-state index is 13.9. The Balaban J connectivity index is 1.48. The Morgan fingerprint density at radius 2 is 1.79 bits per heavy atom. The lowest BCUT2D eigenvalue weighted by Crippen LogP contribution is -2.29. The van der Waals surface area contributed by atoms with Crippen molar-refractivity contribution < 1.29 is 13.2 Å². The molecule has 0 saturated carbocycles. The number of fused-ring (bicyclic) bond motifs is 2. The largest absolute Gasteiger partial charge is 0.361 e. The van der Waals surface area contributed by atoms with E-state index in [-0.39, 0.29) is 17.2 Å². The molecule has 4 aromatic heterocycles. The summed E-state index contributed by atoms with van der Waals surface area (Å²) in [6, 6.07) is 18.6. The van der Waals surface area contributed by atoms with Crippen molar-refractivity contribution in [1.29, 1.82) is 0 Å². The Morgan fingerprint density at radius 3 is 2.52 bits per heavy atom. The van der Waals surface area contributed by atoms with Crippen LogP contribution in [0.5, 0.6) is 0 Å². The number of ether oxygens (including phenoxy) is 1. The molecule has 0 aliphatic heterocycles. The summed E-state index contributed by atoms with van der Waals surface area (Å²) >= 11 is 0. The number of aryl methyl sites for hydroxylation is 1. The number of nitrogens with zero attached hydrogens (tertiary/aromatic N) is 6. The zero-order valence-corrected chi connectivity index (χ0v) is 29.7. The number of anilines is 1. The van der Waals surface area contributed by atoms with E-state index in [1.807, 2.05) is 67.1 Å². The van der Waals surface area contributed by atoms with Crippen molar-refractivity contribution in [2.75, 3.05) is 19.0 Å². The van der Waals surface area contributed by atoms with Crippen LogP contribution >= 0.6 is 0 Å². The van der Waals surface area contributed by atoms with Crippen LogP contribution in [-0.2, 0) is 21.5 Å². The van der Waals surface area contributed by atoms with Gasteiger partial charge in [0.15, 0.2) is 5.82 Å². The van der Waals surface area contributed by atoms with Gasteiger partial charge in [0.05, 0.1) is 22.0 Å². The van der Waals surface area contributed by atoms with E-state index in [1.54, 1.807) is 33.5 Å². The second-order valence-corrected chi connectivity index (χ2v) is 20.5. The summed E-state index contributed by atoms with van der Waals surface area (Å²) in [5, 5.41) is 9.09. The third-order valence-electron chi connectivity index (χ3n) is 8.27. The van der Waals surface area contributed by atoms with Crippen molar-refractivity contribution in [2.24, 2.45) is 0 Å². The molecule has 250 valence electrons. The lowest BCUT2D eigenvalue weighted by molar-refractivity contribution is 0.0899. The van der Waals surface area contributed by atoms with Crippen LogP contribution in [0.25, 0.3) is 33.4 Å². The Hall–Kier alpha value is -4.63. The predicted octanol–water partition coefficient (Wildman–Crippen LogP) is 5.60. The molecule has 0 amide bonds. The van der Waals surface area contributed by atoms with Crippen LogP contribution in [0.3, 0.4) is 0 Å². The van der Waals surface area contributed by atoms with Gasteiger partial charge in [-0.2, -0.15) is 5.10 Å². The molecule has 48 heavy (non-hydrogen) atoms. The average Bonchev–Trinajstić information content (AvgIpc) is 3.64. The monoisotopic (exact) mass is 684 g/mol. The van der Waals surface area contributed by atoms with Gasteiger partial charge in [0.1, 0.15) is 30.0 Å². The highest BCUT2D eigenvalue weighted by molar-refractivity contribution is 7.89. The van der Waals surface area contributed by atoms with Gasteiger partial charge in [-0.1, -0.05) is 50.0 Å². The summed E-state index contributed by atoms with van der Waals surface area (Å²) in [6.45, 7) is 11.6. The quantitative estimate of drug-likeness (QED) is 0.126. The first-order valence-corrected chi connectivity index (χ1v) is 21.0. The molecule has 0 radical (unpaired) electrons. The highest BCUT2D eigenvalue weighted by Crippen LogP contribution is 2.36. The molecule has 0 aliphatic carbocycles. The fourth-order valence-corrected chi connectivity index (χ4v) is 7.18. The van der Waals surface area contributed by atoms with Gasteiger partial charge in [-0.15, -0.1) is 0 Å². The number of sulfonamides is 1. The maximum atomic E-state index is 13.9. The van der Waals surface area contributed by atoms with Gasteiger partial charge < -0.3 is 14.6 Å². The van der Waals surface area contributed by atoms with Crippen LogP contribution < -0.4 is 15.6 Å². The molecular formula is C34H40N8O4SSi. The predicted molar refractivity (Wildman–Crippen MR) is 191 cm³/mol. The summed E-state index contributed by atoms with van der Waals surface area (Å²) in [4.78, 5) is 23.4. The van der Waals surface area contributed by atoms with Crippen LogP contribution in [-0.4, -0.2) is 58.9 Å². The first-order chi connectivity index (χ1) is 22.9. The van der Waals surface area contributed by atoms with Gasteiger partial charge in [0, 0.05) is 32.6 Å². The van der Waals surface area contributed by atoms with Crippen molar-refractivity contribution in [3.05, 3.63) is 101 Å². The maximum Gasteiger partial charge on any atom is 0.282 e. The molecule has 0 fully saturated rings. The number of para-hydroxylation sites is 1.